The number of hydrogen-bond donors (Lipinski definition) is 0. The third-order valence-electron chi connectivity index (χ3n) is 5.02. The fraction of sp³-hybridized carbons (Fsp3) is 0.304. The Morgan fingerprint density at radius 3 is 2.23 bits per heavy atom. The van der Waals surface area contributed by atoms with Crippen molar-refractivity contribution in [2.75, 3.05) is 37.5 Å². The van der Waals surface area contributed by atoms with Crippen molar-refractivity contribution in [1.82, 2.24) is 4.90 Å². The van der Waals surface area contributed by atoms with Gasteiger partial charge in [-0.3, -0.25) is 19.3 Å². The second-order valence-corrected chi connectivity index (χ2v) is 7.56. The first kappa shape index (κ1) is 22.0. The minimum atomic E-state index is -0.696. The van der Waals surface area contributed by atoms with E-state index in [1.165, 1.54) is 17.0 Å². The van der Waals surface area contributed by atoms with Gasteiger partial charge >= 0.3 is 5.97 Å². The Labute approximate surface area is 181 Å². The van der Waals surface area contributed by atoms with Crippen LogP contribution in [0, 0.1) is 0 Å². The smallest absolute Gasteiger partial charge is 0.338 e. The Kier molecular flexibility index (Phi) is 6.69. The average molecular weight is 423 g/mol. The van der Waals surface area contributed by atoms with E-state index in [1.807, 2.05) is 43.3 Å². The van der Waals surface area contributed by atoms with Gasteiger partial charge in [-0.2, -0.15) is 0 Å². The fourth-order valence-electron chi connectivity index (χ4n) is 3.22. The van der Waals surface area contributed by atoms with Gasteiger partial charge in [0.2, 0.25) is 11.8 Å². The SMILES string of the molecule is CN(Cc1ccc(N(C)C)cc1)C(=O)COC(=O)c1cccc(N2C(=O)CCC2=O)c1. The van der Waals surface area contributed by atoms with Crippen LogP contribution in [-0.4, -0.2) is 56.3 Å². The van der Waals surface area contributed by atoms with E-state index < -0.39 is 12.6 Å². The van der Waals surface area contributed by atoms with E-state index >= 15 is 0 Å². The molecule has 3 amide bonds. The molecular formula is C23H25N3O5. The zero-order chi connectivity index (χ0) is 22.5. The van der Waals surface area contributed by atoms with Crippen molar-refractivity contribution in [3.05, 3.63) is 59.7 Å². The monoisotopic (exact) mass is 423 g/mol. The summed E-state index contributed by atoms with van der Waals surface area (Å²) >= 11 is 0. The van der Waals surface area contributed by atoms with Crippen LogP contribution in [0.2, 0.25) is 0 Å². The molecule has 0 spiro atoms. The summed E-state index contributed by atoms with van der Waals surface area (Å²) in [6.45, 7) is -0.0182. The zero-order valence-corrected chi connectivity index (χ0v) is 17.8. The molecule has 1 aliphatic heterocycles. The number of nitrogens with zero attached hydrogens (tertiary/aromatic N) is 3. The maximum Gasteiger partial charge on any atom is 0.338 e. The zero-order valence-electron chi connectivity index (χ0n) is 17.8. The molecule has 8 nitrogen and oxygen atoms in total. The highest BCUT2D eigenvalue weighted by Crippen LogP contribution is 2.23. The fourth-order valence-corrected chi connectivity index (χ4v) is 3.22. The molecule has 1 saturated heterocycles. The number of amides is 3. The van der Waals surface area contributed by atoms with E-state index in [-0.39, 0.29) is 36.1 Å². The summed E-state index contributed by atoms with van der Waals surface area (Å²) in [4.78, 5) is 53.1. The average Bonchev–Trinajstić information content (AvgIpc) is 3.10. The van der Waals surface area contributed by atoms with E-state index in [0.717, 1.165) is 16.2 Å². The summed E-state index contributed by atoms with van der Waals surface area (Å²) in [5.74, 6) is -1.64. The summed E-state index contributed by atoms with van der Waals surface area (Å²) in [5.41, 5.74) is 2.51. The van der Waals surface area contributed by atoms with Crippen molar-refractivity contribution in [3.8, 4) is 0 Å². The Bertz CT molecular complexity index is 985. The van der Waals surface area contributed by atoms with Crippen LogP contribution in [0.4, 0.5) is 11.4 Å². The molecule has 2 aromatic rings. The third kappa shape index (κ3) is 5.28. The van der Waals surface area contributed by atoms with Crippen LogP contribution >= 0.6 is 0 Å². The van der Waals surface area contributed by atoms with Gasteiger partial charge in [-0.15, -0.1) is 0 Å². The van der Waals surface area contributed by atoms with Gasteiger partial charge in [-0.25, -0.2) is 4.79 Å². The maximum atomic E-state index is 12.4. The first-order valence-corrected chi connectivity index (χ1v) is 9.89. The number of carbonyl (C=O) groups is 4. The molecule has 1 aliphatic rings. The molecule has 0 radical (unpaired) electrons. The predicted octanol–water partition coefficient (Wildman–Crippen LogP) is 2.22. The first-order chi connectivity index (χ1) is 14.8. The van der Waals surface area contributed by atoms with Crippen molar-refractivity contribution in [3.63, 3.8) is 0 Å². The van der Waals surface area contributed by atoms with Crippen molar-refractivity contribution in [2.24, 2.45) is 0 Å². The van der Waals surface area contributed by atoms with Gasteiger partial charge in [0.25, 0.3) is 5.91 Å². The molecule has 8 heteroatoms. The molecule has 0 aromatic heterocycles. The number of hydrogen-bond acceptors (Lipinski definition) is 6. The molecule has 0 unspecified atom stereocenters. The van der Waals surface area contributed by atoms with Gasteiger partial charge in [-0.1, -0.05) is 18.2 Å². The highest BCUT2D eigenvalue weighted by atomic mass is 16.5. The normalized spacial score (nSPS) is 13.3. The number of esters is 1. The lowest BCUT2D eigenvalue weighted by atomic mass is 10.2. The van der Waals surface area contributed by atoms with Crippen LogP contribution < -0.4 is 9.80 Å². The molecule has 0 N–H and O–H groups in total. The summed E-state index contributed by atoms with van der Waals surface area (Å²) in [6.07, 6.45) is 0.318. The second kappa shape index (κ2) is 9.42. The molecule has 31 heavy (non-hydrogen) atoms. The lowest BCUT2D eigenvalue weighted by molar-refractivity contribution is -0.133. The number of anilines is 2. The van der Waals surface area contributed by atoms with Crippen LogP contribution in [0.25, 0.3) is 0 Å². The second-order valence-electron chi connectivity index (χ2n) is 7.56. The maximum absolute atomic E-state index is 12.4. The minimum Gasteiger partial charge on any atom is -0.452 e. The summed E-state index contributed by atoms with van der Waals surface area (Å²) in [6, 6.07) is 13.9. The van der Waals surface area contributed by atoms with Crippen molar-refractivity contribution in [1.29, 1.82) is 0 Å². The highest BCUT2D eigenvalue weighted by Gasteiger charge is 2.30. The van der Waals surface area contributed by atoms with Crippen molar-refractivity contribution < 1.29 is 23.9 Å². The minimum absolute atomic E-state index is 0.159. The molecule has 0 saturated carbocycles. The van der Waals surface area contributed by atoms with Crippen LogP contribution in [0.3, 0.4) is 0 Å². The van der Waals surface area contributed by atoms with Crippen LogP contribution in [-0.2, 0) is 25.7 Å². The van der Waals surface area contributed by atoms with E-state index in [2.05, 4.69) is 0 Å². The Morgan fingerprint density at radius 1 is 0.968 bits per heavy atom. The van der Waals surface area contributed by atoms with Gasteiger partial charge in [0, 0.05) is 46.2 Å². The molecule has 2 aromatic carbocycles. The lowest BCUT2D eigenvalue weighted by Gasteiger charge is -2.18. The Morgan fingerprint density at radius 2 is 1.61 bits per heavy atom. The Hall–Kier alpha value is -3.68. The van der Waals surface area contributed by atoms with E-state index in [0.29, 0.717) is 12.2 Å². The third-order valence-corrected chi connectivity index (χ3v) is 5.02. The van der Waals surface area contributed by atoms with Crippen molar-refractivity contribution in [2.45, 2.75) is 19.4 Å². The largest absolute Gasteiger partial charge is 0.452 e. The quantitative estimate of drug-likeness (QED) is 0.501. The number of rotatable bonds is 7. The number of benzene rings is 2. The Balaban J connectivity index is 1.56. The van der Waals surface area contributed by atoms with Crippen LogP contribution in [0.5, 0.6) is 0 Å². The lowest BCUT2D eigenvalue weighted by Crippen LogP contribution is -2.31. The highest BCUT2D eigenvalue weighted by molar-refractivity contribution is 6.20. The topological polar surface area (TPSA) is 87.2 Å². The number of imide groups is 1. The number of likely N-dealkylation sites (N-methyl/N-ethyl adjacent to an activating group) is 1. The first-order valence-electron chi connectivity index (χ1n) is 9.89. The van der Waals surface area contributed by atoms with E-state index in [9.17, 15) is 19.2 Å². The molecule has 1 heterocycles. The summed E-state index contributed by atoms with van der Waals surface area (Å²) < 4.78 is 5.15. The van der Waals surface area contributed by atoms with Crippen LogP contribution in [0.15, 0.2) is 48.5 Å². The van der Waals surface area contributed by atoms with Gasteiger partial charge in [0.05, 0.1) is 11.3 Å². The molecule has 3 rings (SSSR count). The van der Waals surface area contributed by atoms with Gasteiger partial charge in [0.1, 0.15) is 0 Å². The molecular weight excluding hydrogens is 398 g/mol. The van der Waals surface area contributed by atoms with Crippen molar-refractivity contribution >= 4 is 35.1 Å². The molecule has 1 fully saturated rings. The molecule has 0 bridgehead atoms. The van der Waals surface area contributed by atoms with Crippen LogP contribution in [0.1, 0.15) is 28.8 Å². The molecule has 0 aliphatic carbocycles. The molecule has 0 atom stereocenters. The van der Waals surface area contributed by atoms with Gasteiger partial charge in [-0.05, 0) is 35.9 Å². The standard InChI is InChI=1S/C23H25N3O5/c1-24(2)18-9-7-16(8-10-18)14-25(3)22(29)15-31-23(30)17-5-4-6-19(13-17)26-20(27)11-12-21(26)28/h4-10,13H,11-12,14-15H2,1-3H3. The number of ether oxygens (including phenoxy) is 1. The van der Waals surface area contributed by atoms with Gasteiger partial charge in [0.15, 0.2) is 6.61 Å². The predicted molar refractivity (Wildman–Crippen MR) is 116 cm³/mol. The number of carbonyl (C=O) groups excluding carboxylic acids is 4. The van der Waals surface area contributed by atoms with Gasteiger partial charge < -0.3 is 14.5 Å². The molecule has 162 valence electrons. The van der Waals surface area contributed by atoms with E-state index in [4.69, 9.17) is 4.74 Å². The summed E-state index contributed by atoms with van der Waals surface area (Å²) in [5, 5.41) is 0. The summed E-state index contributed by atoms with van der Waals surface area (Å²) in [7, 11) is 5.55. The van der Waals surface area contributed by atoms with E-state index in [1.54, 1.807) is 19.2 Å².